The number of para-hydroxylation sites is 1. The van der Waals surface area contributed by atoms with Gasteiger partial charge in [-0.05, 0) is 80.9 Å². The molecule has 0 bridgehead atoms. The fraction of sp³-hybridized carbons (Fsp3) is 0.0233. The van der Waals surface area contributed by atoms with E-state index in [0.29, 0.717) is 11.3 Å². The third-order valence-electron chi connectivity index (χ3n) is 9.12. The van der Waals surface area contributed by atoms with E-state index in [2.05, 4.69) is 84.9 Å². The van der Waals surface area contributed by atoms with E-state index in [9.17, 15) is 13.2 Å². The van der Waals surface area contributed by atoms with Gasteiger partial charge < -0.3 is 0 Å². The second-order valence-corrected chi connectivity index (χ2v) is 13.2. The van der Waals surface area contributed by atoms with Crippen LogP contribution in [0.25, 0.3) is 86.7 Å². The number of fused-ring (bicyclic) bond motifs is 5. The average molecular weight is 659 g/mol. The number of hydrogen-bond acceptors (Lipinski definition) is 3. The lowest BCUT2D eigenvalue weighted by Gasteiger charge is -2.13. The van der Waals surface area contributed by atoms with Gasteiger partial charge in [-0.1, -0.05) is 109 Å². The van der Waals surface area contributed by atoms with Crippen molar-refractivity contribution in [3.63, 3.8) is 0 Å². The molecule has 49 heavy (non-hydrogen) atoms. The Morgan fingerprint density at radius 3 is 1.71 bits per heavy atom. The van der Waals surface area contributed by atoms with Gasteiger partial charge in [0.25, 0.3) is 0 Å². The van der Waals surface area contributed by atoms with Crippen molar-refractivity contribution in [2.75, 3.05) is 0 Å². The molecule has 0 radical (unpaired) electrons. The van der Waals surface area contributed by atoms with Crippen molar-refractivity contribution in [1.82, 2.24) is 9.97 Å². The van der Waals surface area contributed by atoms with E-state index in [1.807, 2.05) is 42.5 Å². The highest BCUT2D eigenvalue weighted by Gasteiger charge is 2.30. The van der Waals surface area contributed by atoms with Crippen LogP contribution in [0.1, 0.15) is 5.56 Å². The van der Waals surface area contributed by atoms with E-state index in [-0.39, 0.29) is 0 Å². The molecule has 0 fully saturated rings. The molecule has 0 N–H and O–H groups in total. The number of pyridine rings is 1. The minimum atomic E-state index is -4.39. The Labute approximate surface area is 283 Å². The normalized spacial score (nSPS) is 12.0. The lowest BCUT2D eigenvalue weighted by atomic mass is 9.95. The predicted octanol–water partition coefficient (Wildman–Crippen LogP) is 12.8. The zero-order chi connectivity index (χ0) is 33.1. The van der Waals surface area contributed by atoms with Crippen molar-refractivity contribution >= 4 is 54.0 Å². The van der Waals surface area contributed by atoms with Crippen LogP contribution in [0.3, 0.4) is 0 Å². The summed E-state index contributed by atoms with van der Waals surface area (Å²) in [6.07, 6.45) is -4.39. The number of thiazole rings is 1. The standard InChI is InChI=1S/C43H25F3N2S/c44-43(45,46)34-20-17-27(18-21-34)41-37-6-2-1-5-35(37)36-22-19-33(25-39(36)47-41)32-16-15-30-23-29(13-14-31(30)24-32)26-9-11-28(12-10-26)42-48-38-7-3-4-8-40(38)49-42/h1-25H. The predicted molar refractivity (Wildman–Crippen MR) is 197 cm³/mol. The smallest absolute Gasteiger partial charge is 0.247 e. The highest BCUT2D eigenvalue weighted by Crippen LogP contribution is 2.37. The van der Waals surface area contributed by atoms with Gasteiger partial charge in [0.1, 0.15) is 5.01 Å². The van der Waals surface area contributed by atoms with Gasteiger partial charge in [0.2, 0.25) is 0 Å². The molecule has 234 valence electrons. The maximum atomic E-state index is 13.3. The first-order chi connectivity index (χ1) is 23.9. The highest BCUT2D eigenvalue weighted by molar-refractivity contribution is 7.21. The highest BCUT2D eigenvalue weighted by atomic mass is 32.1. The molecular weight excluding hydrogens is 634 g/mol. The molecule has 9 aromatic rings. The molecular formula is C43H25F3N2S. The maximum absolute atomic E-state index is 13.3. The summed E-state index contributed by atoms with van der Waals surface area (Å²) < 4.78 is 41.0. The SMILES string of the molecule is FC(F)(F)c1ccc(-c2nc3cc(-c4ccc5cc(-c6ccc(-c7nc8ccccc8s7)cc6)ccc5c4)ccc3c3ccccc23)cc1. The van der Waals surface area contributed by atoms with Crippen LogP contribution in [0.4, 0.5) is 13.2 Å². The van der Waals surface area contributed by atoms with Crippen LogP contribution in [-0.2, 0) is 6.18 Å². The van der Waals surface area contributed by atoms with E-state index in [1.165, 1.54) is 16.8 Å². The third kappa shape index (κ3) is 5.31. The first kappa shape index (κ1) is 29.3. The van der Waals surface area contributed by atoms with Gasteiger partial charge in [-0.3, -0.25) is 0 Å². The second kappa shape index (κ2) is 11.4. The summed E-state index contributed by atoms with van der Waals surface area (Å²) in [7, 11) is 0. The second-order valence-electron chi connectivity index (χ2n) is 12.2. The van der Waals surface area contributed by atoms with Crippen LogP contribution in [0, 0.1) is 0 Å². The average Bonchev–Trinajstić information content (AvgIpc) is 3.58. The summed E-state index contributed by atoms with van der Waals surface area (Å²) >= 11 is 1.71. The van der Waals surface area contributed by atoms with Crippen LogP contribution in [0.15, 0.2) is 152 Å². The Balaban J connectivity index is 1.05. The van der Waals surface area contributed by atoms with Crippen molar-refractivity contribution in [3.8, 4) is 44.1 Å². The summed E-state index contributed by atoms with van der Waals surface area (Å²) in [5, 5.41) is 6.19. The Hall–Kier alpha value is -5.85. The minimum absolute atomic E-state index is 0.643. The quantitative estimate of drug-likeness (QED) is 0.176. The molecule has 2 heterocycles. The van der Waals surface area contributed by atoms with E-state index in [0.717, 1.165) is 82.9 Å². The van der Waals surface area contributed by atoms with Crippen molar-refractivity contribution in [3.05, 3.63) is 157 Å². The van der Waals surface area contributed by atoms with Crippen molar-refractivity contribution in [2.45, 2.75) is 6.18 Å². The van der Waals surface area contributed by atoms with E-state index >= 15 is 0 Å². The number of rotatable bonds is 4. The van der Waals surface area contributed by atoms with Crippen LogP contribution in [0.5, 0.6) is 0 Å². The largest absolute Gasteiger partial charge is 0.416 e. The molecule has 0 amide bonds. The summed E-state index contributed by atoms with van der Waals surface area (Å²) in [6.45, 7) is 0. The maximum Gasteiger partial charge on any atom is 0.416 e. The molecule has 0 spiro atoms. The number of aromatic nitrogens is 2. The fourth-order valence-electron chi connectivity index (χ4n) is 6.58. The van der Waals surface area contributed by atoms with Gasteiger partial charge >= 0.3 is 6.18 Å². The first-order valence-corrected chi connectivity index (χ1v) is 16.7. The van der Waals surface area contributed by atoms with E-state index < -0.39 is 11.7 Å². The van der Waals surface area contributed by atoms with Gasteiger partial charge in [0.05, 0.1) is 27.0 Å². The molecule has 0 aliphatic carbocycles. The number of halogens is 3. The minimum Gasteiger partial charge on any atom is -0.247 e. The van der Waals surface area contributed by atoms with Gasteiger partial charge in [0, 0.05) is 21.9 Å². The molecule has 2 aromatic heterocycles. The van der Waals surface area contributed by atoms with E-state index in [4.69, 9.17) is 9.97 Å². The Kier molecular flexibility index (Phi) is 6.81. The summed E-state index contributed by atoms with van der Waals surface area (Å²) in [6, 6.07) is 49.2. The van der Waals surface area contributed by atoms with Gasteiger partial charge in [-0.15, -0.1) is 11.3 Å². The lowest BCUT2D eigenvalue weighted by Crippen LogP contribution is -2.04. The zero-order valence-electron chi connectivity index (χ0n) is 25.9. The lowest BCUT2D eigenvalue weighted by molar-refractivity contribution is -0.137. The van der Waals surface area contributed by atoms with Crippen LogP contribution in [-0.4, -0.2) is 9.97 Å². The Morgan fingerprint density at radius 2 is 1.00 bits per heavy atom. The summed E-state index contributed by atoms with van der Waals surface area (Å²) in [5.41, 5.74) is 7.93. The fourth-order valence-corrected chi connectivity index (χ4v) is 7.55. The number of nitrogens with zero attached hydrogens (tertiary/aromatic N) is 2. The van der Waals surface area contributed by atoms with Crippen LogP contribution < -0.4 is 0 Å². The monoisotopic (exact) mass is 658 g/mol. The topological polar surface area (TPSA) is 25.8 Å². The van der Waals surface area contributed by atoms with Crippen molar-refractivity contribution < 1.29 is 13.2 Å². The number of benzene rings is 7. The number of hydrogen-bond donors (Lipinski definition) is 0. The first-order valence-electron chi connectivity index (χ1n) is 15.9. The molecule has 9 rings (SSSR count). The summed E-state index contributed by atoms with van der Waals surface area (Å²) in [4.78, 5) is 9.81. The zero-order valence-corrected chi connectivity index (χ0v) is 26.7. The van der Waals surface area contributed by atoms with Crippen LogP contribution >= 0.6 is 11.3 Å². The Bertz CT molecular complexity index is 2660. The molecule has 0 aliphatic heterocycles. The molecule has 2 nitrogen and oxygen atoms in total. The van der Waals surface area contributed by atoms with Gasteiger partial charge in [0.15, 0.2) is 0 Å². The number of alkyl halides is 3. The van der Waals surface area contributed by atoms with Crippen LogP contribution in [0.2, 0.25) is 0 Å². The van der Waals surface area contributed by atoms with E-state index in [1.54, 1.807) is 11.3 Å². The third-order valence-corrected chi connectivity index (χ3v) is 10.2. The van der Waals surface area contributed by atoms with Crippen molar-refractivity contribution in [2.24, 2.45) is 0 Å². The molecule has 0 saturated carbocycles. The molecule has 7 aromatic carbocycles. The summed E-state index contributed by atoms with van der Waals surface area (Å²) in [5.74, 6) is 0. The molecule has 0 unspecified atom stereocenters. The molecule has 0 aliphatic rings. The molecule has 6 heteroatoms. The van der Waals surface area contributed by atoms with Gasteiger partial charge in [-0.25, -0.2) is 9.97 Å². The van der Waals surface area contributed by atoms with Gasteiger partial charge in [-0.2, -0.15) is 13.2 Å². The molecule has 0 saturated heterocycles. The van der Waals surface area contributed by atoms with Crippen molar-refractivity contribution in [1.29, 1.82) is 0 Å². The Morgan fingerprint density at radius 1 is 0.429 bits per heavy atom. The molecule has 0 atom stereocenters.